The van der Waals surface area contributed by atoms with E-state index in [9.17, 15) is 10.1 Å². The molecule has 3 rings (SSSR count). The summed E-state index contributed by atoms with van der Waals surface area (Å²) in [4.78, 5) is 18.9. The number of carbonyl (C=O) groups is 1. The van der Waals surface area contributed by atoms with Crippen LogP contribution in [0.15, 0.2) is 30.0 Å². The van der Waals surface area contributed by atoms with Crippen LogP contribution >= 0.6 is 0 Å². The van der Waals surface area contributed by atoms with Crippen LogP contribution in [0.1, 0.15) is 26.0 Å². The molecular formula is C19H23N3O3. The summed E-state index contributed by atoms with van der Waals surface area (Å²) in [5.41, 5.74) is 0.766. The summed E-state index contributed by atoms with van der Waals surface area (Å²) in [5, 5.41) is 18.3. The van der Waals surface area contributed by atoms with Crippen LogP contribution in [0, 0.1) is 16.7 Å². The van der Waals surface area contributed by atoms with Crippen LogP contribution in [0.2, 0.25) is 0 Å². The number of hydrogen-bond acceptors (Lipinski definition) is 6. The van der Waals surface area contributed by atoms with Crippen molar-refractivity contribution < 1.29 is 14.6 Å². The normalized spacial score (nSPS) is 25.6. The van der Waals surface area contributed by atoms with Crippen molar-refractivity contribution >= 4 is 11.5 Å². The molecule has 1 aliphatic heterocycles. The summed E-state index contributed by atoms with van der Waals surface area (Å²) < 4.78 is 6.06. The van der Waals surface area contributed by atoms with E-state index in [0.717, 1.165) is 17.9 Å². The highest BCUT2D eigenvalue weighted by Crippen LogP contribution is 2.41. The average molecular weight is 341 g/mol. The van der Waals surface area contributed by atoms with Gasteiger partial charge in [-0.2, -0.15) is 5.26 Å². The molecular weight excluding hydrogens is 318 g/mol. The lowest BCUT2D eigenvalue weighted by molar-refractivity contribution is -0.130. The van der Waals surface area contributed by atoms with E-state index in [1.165, 1.54) is 0 Å². The zero-order chi connectivity index (χ0) is 18.1. The molecule has 0 aromatic carbocycles. The number of rotatable bonds is 3. The summed E-state index contributed by atoms with van der Waals surface area (Å²) in [6.07, 6.45) is 4.60. The molecule has 1 spiro atoms. The van der Waals surface area contributed by atoms with Crippen molar-refractivity contribution in [3.05, 3.63) is 35.7 Å². The fraction of sp³-hybridized carbons (Fsp3) is 0.526. The number of nitriles is 1. The predicted molar refractivity (Wildman–Crippen MR) is 93.0 cm³/mol. The molecule has 0 bridgehead atoms. The number of ether oxygens (including phenoxy) is 1. The zero-order valence-electron chi connectivity index (χ0n) is 14.7. The van der Waals surface area contributed by atoms with Crippen LogP contribution in [0.5, 0.6) is 0 Å². The second-order valence-corrected chi connectivity index (χ2v) is 7.38. The van der Waals surface area contributed by atoms with Crippen molar-refractivity contribution in [1.82, 2.24) is 4.98 Å². The van der Waals surface area contributed by atoms with Gasteiger partial charge in [0.05, 0.1) is 30.6 Å². The van der Waals surface area contributed by atoms with Crippen LogP contribution in [0.25, 0.3) is 0 Å². The number of aromatic nitrogens is 1. The molecule has 1 atom stereocenters. The first-order valence-electron chi connectivity index (χ1n) is 8.52. The molecule has 132 valence electrons. The lowest BCUT2D eigenvalue weighted by Gasteiger charge is -2.47. The minimum Gasteiger partial charge on any atom is -0.396 e. The van der Waals surface area contributed by atoms with Crippen molar-refractivity contribution in [3.63, 3.8) is 0 Å². The smallest absolute Gasteiger partial charge is 0.178 e. The number of nitrogens with zero attached hydrogens (tertiary/aromatic N) is 3. The third-order valence-corrected chi connectivity index (χ3v) is 4.88. The molecule has 2 aliphatic rings. The van der Waals surface area contributed by atoms with Gasteiger partial charge in [0.2, 0.25) is 0 Å². The Morgan fingerprint density at radius 1 is 1.44 bits per heavy atom. The van der Waals surface area contributed by atoms with E-state index in [1.54, 1.807) is 12.3 Å². The molecule has 0 amide bonds. The number of aliphatic hydroxyl groups is 1. The molecule has 1 unspecified atom stereocenters. The van der Waals surface area contributed by atoms with E-state index in [4.69, 9.17) is 9.84 Å². The summed E-state index contributed by atoms with van der Waals surface area (Å²) in [6, 6.07) is 5.94. The van der Waals surface area contributed by atoms with Crippen molar-refractivity contribution in [1.29, 1.82) is 5.26 Å². The summed E-state index contributed by atoms with van der Waals surface area (Å²) in [6.45, 7) is 5.66. The summed E-state index contributed by atoms with van der Waals surface area (Å²) in [7, 11) is 0. The van der Waals surface area contributed by atoms with E-state index in [0.29, 0.717) is 26.0 Å². The Kier molecular flexibility index (Phi) is 4.63. The van der Waals surface area contributed by atoms with Gasteiger partial charge >= 0.3 is 0 Å². The quantitative estimate of drug-likeness (QED) is 0.899. The van der Waals surface area contributed by atoms with Crippen LogP contribution in [-0.2, 0) is 16.0 Å². The van der Waals surface area contributed by atoms with Crippen molar-refractivity contribution in [2.45, 2.75) is 32.3 Å². The number of pyridine rings is 1. The van der Waals surface area contributed by atoms with Crippen LogP contribution in [0.4, 0.5) is 5.69 Å². The van der Waals surface area contributed by atoms with Gasteiger partial charge in [0, 0.05) is 30.7 Å². The Balaban J connectivity index is 1.86. The first-order chi connectivity index (χ1) is 11.9. The third kappa shape index (κ3) is 3.44. The van der Waals surface area contributed by atoms with Crippen molar-refractivity contribution in [3.8, 4) is 6.07 Å². The molecule has 1 saturated heterocycles. The fourth-order valence-electron chi connectivity index (χ4n) is 3.74. The number of aliphatic hydroxyl groups excluding tert-OH is 1. The number of carbonyl (C=O) groups excluding carboxylic acids is 1. The first-order valence-corrected chi connectivity index (χ1v) is 8.52. The van der Waals surface area contributed by atoms with Gasteiger partial charge in [-0.25, -0.2) is 0 Å². The van der Waals surface area contributed by atoms with Crippen LogP contribution in [-0.4, -0.2) is 47.8 Å². The molecule has 1 fully saturated rings. The van der Waals surface area contributed by atoms with Gasteiger partial charge in [-0.3, -0.25) is 9.78 Å². The molecule has 6 nitrogen and oxygen atoms in total. The van der Waals surface area contributed by atoms with Crippen molar-refractivity contribution in [2.75, 3.05) is 31.2 Å². The molecule has 2 heterocycles. The monoisotopic (exact) mass is 341 g/mol. The Labute approximate surface area is 147 Å². The summed E-state index contributed by atoms with van der Waals surface area (Å²) in [5.74, 6) is -0.114. The highest BCUT2D eigenvalue weighted by atomic mass is 16.5. The van der Waals surface area contributed by atoms with Gasteiger partial charge in [-0.1, -0.05) is 13.8 Å². The molecule has 6 heteroatoms. The van der Waals surface area contributed by atoms with Gasteiger partial charge in [-0.15, -0.1) is 0 Å². The fourth-order valence-corrected chi connectivity index (χ4v) is 3.74. The van der Waals surface area contributed by atoms with Gasteiger partial charge < -0.3 is 14.7 Å². The maximum absolute atomic E-state index is 12.4. The van der Waals surface area contributed by atoms with Gasteiger partial charge in [0.25, 0.3) is 0 Å². The van der Waals surface area contributed by atoms with E-state index >= 15 is 0 Å². The molecule has 25 heavy (non-hydrogen) atoms. The zero-order valence-corrected chi connectivity index (χ0v) is 14.7. The predicted octanol–water partition coefficient (Wildman–Crippen LogP) is 1.64. The average Bonchev–Trinajstić information content (AvgIpc) is 2.59. The molecule has 1 aliphatic carbocycles. The van der Waals surface area contributed by atoms with E-state index < -0.39 is 11.0 Å². The highest BCUT2D eigenvalue weighted by Gasteiger charge is 2.48. The maximum Gasteiger partial charge on any atom is 0.178 e. The second-order valence-electron chi connectivity index (χ2n) is 7.38. The number of ketones is 1. The number of morpholine rings is 1. The maximum atomic E-state index is 12.4. The Hall–Kier alpha value is -2.23. The first kappa shape index (κ1) is 17.6. The minimum atomic E-state index is -0.634. The van der Waals surface area contributed by atoms with Gasteiger partial charge in [0.1, 0.15) is 11.7 Å². The second kappa shape index (κ2) is 6.58. The molecule has 1 aromatic heterocycles. The lowest BCUT2D eigenvalue weighted by Crippen LogP contribution is -2.55. The topological polar surface area (TPSA) is 86.5 Å². The van der Waals surface area contributed by atoms with Crippen LogP contribution < -0.4 is 4.90 Å². The molecule has 1 aromatic rings. The standard InChI is InChI=1S/C19H23N3O3/c1-18(2)12-19(9-14(10-20)17(18)24)13-22(6-8-25-19)16-4-3-15(5-7-23)21-11-16/h3-4,9,11,23H,5-8,12-13H2,1-2H3. The number of hydrogen-bond donors (Lipinski definition) is 1. The van der Waals surface area contributed by atoms with Crippen molar-refractivity contribution in [2.24, 2.45) is 5.41 Å². The Morgan fingerprint density at radius 2 is 2.24 bits per heavy atom. The molecule has 1 N–H and O–H groups in total. The SMILES string of the molecule is CC1(C)CC2(C=C(C#N)C1=O)CN(c1ccc(CCO)nc1)CCO2. The largest absolute Gasteiger partial charge is 0.396 e. The van der Waals surface area contributed by atoms with E-state index in [1.807, 2.05) is 32.0 Å². The highest BCUT2D eigenvalue weighted by molar-refractivity contribution is 6.04. The van der Waals surface area contributed by atoms with Gasteiger partial charge in [-0.05, 0) is 24.6 Å². The van der Waals surface area contributed by atoms with E-state index in [-0.39, 0.29) is 18.0 Å². The number of Topliss-reactive ketones (excluding diaryl/α,β-unsaturated/α-hetero) is 1. The summed E-state index contributed by atoms with van der Waals surface area (Å²) >= 11 is 0. The Morgan fingerprint density at radius 3 is 2.88 bits per heavy atom. The molecule has 0 saturated carbocycles. The number of allylic oxidation sites excluding steroid dienone is 1. The number of anilines is 1. The minimum absolute atomic E-state index is 0.0812. The molecule has 0 radical (unpaired) electrons. The Bertz CT molecular complexity index is 733. The van der Waals surface area contributed by atoms with Gasteiger partial charge in [0.15, 0.2) is 5.78 Å². The third-order valence-electron chi connectivity index (χ3n) is 4.88. The van der Waals surface area contributed by atoms with Crippen LogP contribution in [0.3, 0.4) is 0 Å². The lowest BCUT2D eigenvalue weighted by atomic mass is 9.69. The van der Waals surface area contributed by atoms with E-state index in [2.05, 4.69) is 9.88 Å².